The average Bonchev–Trinajstić information content (AvgIpc) is 3.20. The van der Waals surface area contributed by atoms with E-state index in [0.717, 1.165) is 31.0 Å². The van der Waals surface area contributed by atoms with Crippen LogP contribution in [-0.2, 0) is 11.2 Å². The summed E-state index contributed by atoms with van der Waals surface area (Å²) in [6.07, 6.45) is 4.71. The zero-order valence-electron chi connectivity index (χ0n) is 11.0. The molecule has 0 atom stereocenters. The van der Waals surface area contributed by atoms with Crippen molar-refractivity contribution in [1.82, 2.24) is 5.32 Å². The Labute approximate surface area is 109 Å². The maximum absolute atomic E-state index is 11.6. The van der Waals surface area contributed by atoms with E-state index in [-0.39, 0.29) is 5.91 Å². The van der Waals surface area contributed by atoms with E-state index in [1.165, 1.54) is 18.4 Å². The minimum Gasteiger partial charge on any atom is -0.376 e. The highest BCUT2D eigenvalue weighted by Crippen LogP contribution is 2.27. The molecule has 0 saturated heterocycles. The highest BCUT2D eigenvalue weighted by Gasteiger charge is 2.21. The van der Waals surface area contributed by atoms with Gasteiger partial charge in [-0.2, -0.15) is 0 Å². The quantitative estimate of drug-likeness (QED) is 0.776. The fourth-order valence-electron chi connectivity index (χ4n) is 2.00. The van der Waals surface area contributed by atoms with Gasteiger partial charge in [-0.3, -0.25) is 4.79 Å². The van der Waals surface area contributed by atoms with Crippen LogP contribution in [0, 0.1) is 5.92 Å². The predicted octanol–water partition coefficient (Wildman–Crippen LogP) is 2.58. The number of rotatable bonds is 7. The molecule has 3 nitrogen and oxygen atoms in total. The van der Waals surface area contributed by atoms with E-state index >= 15 is 0 Å². The van der Waals surface area contributed by atoms with Crippen LogP contribution in [0.4, 0.5) is 5.69 Å². The number of nitrogens with one attached hydrogen (secondary N) is 2. The molecule has 0 aromatic heterocycles. The first kappa shape index (κ1) is 12.9. The Balaban J connectivity index is 1.78. The van der Waals surface area contributed by atoms with Crippen molar-refractivity contribution in [2.24, 2.45) is 5.92 Å². The standard InChI is InChI=1S/C15H22N2O/c1-2-5-13-6-3-4-7-14(13)16-11-15(18)17-10-12-8-9-12/h3-4,6-7,12,16H,2,5,8-11H2,1H3,(H,17,18). The molecule has 0 spiro atoms. The molecule has 1 aromatic carbocycles. The van der Waals surface area contributed by atoms with Gasteiger partial charge in [0.15, 0.2) is 0 Å². The molecule has 2 rings (SSSR count). The summed E-state index contributed by atoms with van der Waals surface area (Å²) < 4.78 is 0. The number of carbonyl (C=O) groups excluding carboxylic acids is 1. The largest absolute Gasteiger partial charge is 0.376 e. The second kappa shape index (κ2) is 6.43. The van der Waals surface area contributed by atoms with Crippen molar-refractivity contribution in [2.45, 2.75) is 32.6 Å². The van der Waals surface area contributed by atoms with Crippen LogP contribution in [0.5, 0.6) is 0 Å². The van der Waals surface area contributed by atoms with Crippen molar-refractivity contribution in [3.05, 3.63) is 29.8 Å². The molecule has 1 amide bonds. The number of benzene rings is 1. The SMILES string of the molecule is CCCc1ccccc1NCC(=O)NCC1CC1. The van der Waals surface area contributed by atoms with Gasteiger partial charge in [0.2, 0.25) is 5.91 Å². The summed E-state index contributed by atoms with van der Waals surface area (Å²) in [6.45, 7) is 3.38. The zero-order chi connectivity index (χ0) is 12.8. The Morgan fingerprint density at radius 1 is 1.33 bits per heavy atom. The van der Waals surface area contributed by atoms with Gasteiger partial charge in [0.1, 0.15) is 0 Å². The number of anilines is 1. The third-order valence-corrected chi connectivity index (χ3v) is 3.26. The molecule has 1 aromatic rings. The molecule has 0 aliphatic heterocycles. The molecule has 1 fully saturated rings. The van der Waals surface area contributed by atoms with Crippen molar-refractivity contribution < 1.29 is 4.79 Å². The number of aryl methyl sites for hydroxylation is 1. The van der Waals surface area contributed by atoms with Crippen LogP contribution >= 0.6 is 0 Å². The predicted molar refractivity (Wildman–Crippen MR) is 74.7 cm³/mol. The van der Waals surface area contributed by atoms with Gasteiger partial charge < -0.3 is 10.6 Å². The second-order valence-electron chi connectivity index (χ2n) is 5.01. The van der Waals surface area contributed by atoms with Crippen molar-refractivity contribution in [2.75, 3.05) is 18.4 Å². The Bertz CT molecular complexity index is 399. The molecular formula is C15H22N2O. The Kier molecular flexibility index (Phi) is 4.62. The van der Waals surface area contributed by atoms with Crippen LogP contribution in [0.2, 0.25) is 0 Å². The van der Waals surface area contributed by atoms with Crippen LogP contribution in [0.3, 0.4) is 0 Å². The topological polar surface area (TPSA) is 41.1 Å². The summed E-state index contributed by atoms with van der Waals surface area (Å²) in [5.41, 5.74) is 2.37. The lowest BCUT2D eigenvalue weighted by Gasteiger charge is -2.11. The van der Waals surface area contributed by atoms with Crippen molar-refractivity contribution in [3.8, 4) is 0 Å². The van der Waals surface area contributed by atoms with E-state index < -0.39 is 0 Å². The van der Waals surface area contributed by atoms with E-state index in [0.29, 0.717) is 6.54 Å². The molecule has 2 N–H and O–H groups in total. The number of carbonyl (C=O) groups is 1. The summed E-state index contributed by atoms with van der Waals surface area (Å²) in [5, 5.41) is 6.19. The molecule has 18 heavy (non-hydrogen) atoms. The molecule has 0 heterocycles. The molecule has 0 radical (unpaired) electrons. The minimum atomic E-state index is 0.0909. The zero-order valence-corrected chi connectivity index (χ0v) is 11.0. The van der Waals surface area contributed by atoms with E-state index in [1.54, 1.807) is 0 Å². The molecule has 98 valence electrons. The normalized spacial score (nSPS) is 14.3. The molecule has 0 bridgehead atoms. The highest BCUT2D eigenvalue weighted by molar-refractivity contribution is 5.80. The van der Waals surface area contributed by atoms with Gasteiger partial charge in [0.25, 0.3) is 0 Å². The van der Waals surface area contributed by atoms with Crippen molar-refractivity contribution in [3.63, 3.8) is 0 Å². The summed E-state index contributed by atoms with van der Waals surface area (Å²) >= 11 is 0. The van der Waals surface area contributed by atoms with Crippen LogP contribution in [0.1, 0.15) is 31.7 Å². The molecule has 1 aliphatic carbocycles. The number of para-hydroxylation sites is 1. The monoisotopic (exact) mass is 246 g/mol. The Morgan fingerprint density at radius 2 is 2.11 bits per heavy atom. The molecule has 3 heteroatoms. The first-order chi connectivity index (χ1) is 8.79. The lowest BCUT2D eigenvalue weighted by Crippen LogP contribution is -2.31. The molecule has 1 aliphatic rings. The summed E-state index contributed by atoms with van der Waals surface area (Å²) in [6, 6.07) is 8.21. The van der Waals surface area contributed by atoms with E-state index in [4.69, 9.17) is 0 Å². The minimum absolute atomic E-state index is 0.0909. The average molecular weight is 246 g/mol. The van der Waals surface area contributed by atoms with Crippen molar-refractivity contribution in [1.29, 1.82) is 0 Å². The van der Waals surface area contributed by atoms with Gasteiger partial charge in [0.05, 0.1) is 6.54 Å². The van der Waals surface area contributed by atoms with Gasteiger partial charge >= 0.3 is 0 Å². The lowest BCUT2D eigenvalue weighted by atomic mass is 10.1. The maximum atomic E-state index is 11.6. The van der Waals surface area contributed by atoms with Gasteiger partial charge in [-0.1, -0.05) is 31.5 Å². The Hall–Kier alpha value is -1.51. The van der Waals surface area contributed by atoms with Gasteiger partial charge in [-0.15, -0.1) is 0 Å². The molecule has 0 unspecified atom stereocenters. The first-order valence-corrected chi connectivity index (χ1v) is 6.88. The maximum Gasteiger partial charge on any atom is 0.239 e. The van der Waals surface area contributed by atoms with Gasteiger partial charge in [0, 0.05) is 12.2 Å². The highest BCUT2D eigenvalue weighted by atomic mass is 16.1. The first-order valence-electron chi connectivity index (χ1n) is 6.88. The number of hydrogen-bond donors (Lipinski definition) is 2. The van der Waals surface area contributed by atoms with Crippen LogP contribution in [-0.4, -0.2) is 19.0 Å². The Morgan fingerprint density at radius 3 is 2.83 bits per heavy atom. The third kappa shape index (κ3) is 4.06. The fraction of sp³-hybridized carbons (Fsp3) is 0.533. The van der Waals surface area contributed by atoms with Crippen molar-refractivity contribution >= 4 is 11.6 Å². The van der Waals surface area contributed by atoms with Crippen LogP contribution in [0.15, 0.2) is 24.3 Å². The van der Waals surface area contributed by atoms with Crippen LogP contribution in [0.25, 0.3) is 0 Å². The fourth-order valence-corrected chi connectivity index (χ4v) is 2.00. The second-order valence-corrected chi connectivity index (χ2v) is 5.01. The van der Waals surface area contributed by atoms with Gasteiger partial charge in [-0.25, -0.2) is 0 Å². The lowest BCUT2D eigenvalue weighted by molar-refractivity contribution is -0.119. The summed E-state index contributed by atoms with van der Waals surface area (Å²) in [7, 11) is 0. The number of hydrogen-bond acceptors (Lipinski definition) is 2. The van der Waals surface area contributed by atoms with Gasteiger partial charge in [-0.05, 0) is 36.8 Å². The van der Waals surface area contributed by atoms with Crippen LogP contribution < -0.4 is 10.6 Å². The van der Waals surface area contributed by atoms with E-state index in [2.05, 4.69) is 23.6 Å². The van der Waals surface area contributed by atoms with E-state index in [9.17, 15) is 4.79 Å². The summed E-state index contributed by atoms with van der Waals surface area (Å²) in [4.78, 5) is 11.6. The molecule has 1 saturated carbocycles. The number of amides is 1. The molecular weight excluding hydrogens is 224 g/mol. The third-order valence-electron chi connectivity index (χ3n) is 3.26. The summed E-state index contributed by atoms with van der Waals surface area (Å²) in [5.74, 6) is 0.828. The smallest absolute Gasteiger partial charge is 0.239 e. The van der Waals surface area contributed by atoms with E-state index in [1.807, 2.05) is 18.2 Å².